The second kappa shape index (κ2) is 7.90. The first-order chi connectivity index (χ1) is 7.28. The molecule has 0 aliphatic carbocycles. The van der Waals surface area contributed by atoms with Gasteiger partial charge in [-0.1, -0.05) is 24.3 Å². The molecule has 17 heavy (non-hydrogen) atoms. The molecule has 1 aliphatic heterocycles. The average molecular weight is 279 g/mol. The highest BCUT2D eigenvalue weighted by Crippen LogP contribution is 2.13. The minimum absolute atomic E-state index is 0. The third-order valence-electron chi connectivity index (χ3n) is 2.75. The summed E-state index contributed by atoms with van der Waals surface area (Å²) >= 11 is 0. The van der Waals surface area contributed by atoms with Crippen LogP contribution in [0.5, 0.6) is 0 Å². The van der Waals surface area contributed by atoms with Crippen molar-refractivity contribution in [3.05, 3.63) is 35.4 Å². The Kier molecular flexibility index (Phi) is 7.75. The van der Waals surface area contributed by atoms with Crippen molar-refractivity contribution in [3.8, 4) is 0 Å². The highest BCUT2D eigenvalue weighted by atomic mass is 35.5. The monoisotopic (exact) mass is 278 g/mol. The van der Waals surface area contributed by atoms with Crippen LogP contribution in [0.25, 0.3) is 0 Å². The molecule has 1 fully saturated rings. The predicted molar refractivity (Wildman–Crippen MR) is 75.0 cm³/mol. The minimum Gasteiger partial charge on any atom is -0.390 e. The summed E-state index contributed by atoms with van der Waals surface area (Å²) in [6.45, 7) is 3.51. The van der Waals surface area contributed by atoms with Crippen molar-refractivity contribution in [2.75, 3.05) is 20.1 Å². The van der Waals surface area contributed by atoms with E-state index in [2.05, 4.69) is 34.5 Å². The van der Waals surface area contributed by atoms with Gasteiger partial charge in [0.2, 0.25) is 0 Å². The van der Waals surface area contributed by atoms with Gasteiger partial charge in [-0.25, -0.2) is 0 Å². The lowest BCUT2D eigenvalue weighted by atomic mass is 10.1. The van der Waals surface area contributed by atoms with Crippen LogP contribution in [0, 0.1) is 0 Å². The fourth-order valence-electron chi connectivity index (χ4n) is 1.90. The lowest BCUT2D eigenvalue weighted by Crippen LogP contribution is -2.49. The van der Waals surface area contributed by atoms with Gasteiger partial charge >= 0.3 is 0 Å². The molecule has 0 atom stereocenters. The standard InChI is InChI=1S/C12H18N2O.2ClH/c1-13-6-10-2-4-11(5-3-10)7-14-8-12(15)9-14;;/h2-5,12-13,15H,6-9H2,1H3;2*1H. The summed E-state index contributed by atoms with van der Waals surface area (Å²) in [5.41, 5.74) is 2.63. The molecule has 0 radical (unpaired) electrons. The van der Waals surface area contributed by atoms with Crippen LogP contribution in [0.2, 0.25) is 0 Å². The highest BCUT2D eigenvalue weighted by Gasteiger charge is 2.23. The first kappa shape index (κ1) is 16.7. The molecule has 5 heteroatoms. The topological polar surface area (TPSA) is 35.5 Å². The summed E-state index contributed by atoms with van der Waals surface area (Å²) in [4.78, 5) is 2.25. The molecule has 0 unspecified atom stereocenters. The molecule has 98 valence electrons. The molecule has 0 saturated carbocycles. The number of benzene rings is 1. The molecule has 1 aromatic rings. The van der Waals surface area contributed by atoms with E-state index in [0.717, 1.165) is 26.2 Å². The lowest BCUT2D eigenvalue weighted by molar-refractivity contribution is -0.00286. The molecule has 1 saturated heterocycles. The Balaban J connectivity index is 0.00000128. The fourth-order valence-corrected chi connectivity index (χ4v) is 1.90. The summed E-state index contributed by atoms with van der Waals surface area (Å²) in [7, 11) is 1.95. The normalized spacial score (nSPS) is 15.6. The van der Waals surface area contributed by atoms with Gasteiger partial charge in [0.05, 0.1) is 6.10 Å². The van der Waals surface area contributed by atoms with Crippen molar-refractivity contribution in [2.24, 2.45) is 0 Å². The Morgan fingerprint density at radius 3 is 2.18 bits per heavy atom. The maximum Gasteiger partial charge on any atom is 0.0794 e. The fraction of sp³-hybridized carbons (Fsp3) is 0.500. The van der Waals surface area contributed by atoms with Crippen LogP contribution < -0.4 is 5.32 Å². The molecule has 0 bridgehead atoms. The SMILES string of the molecule is CNCc1ccc(CN2CC(O)C2)cc1.Cl.Cl. The summed E-state index contributed by atoms with van der Waals surface area (Å²) in [5, 5.41) is 12.3. The van der Waals surface area contributed by atoms with Crippen LogP contribution in [0.3, 0.4) is 0 Å². The van der Waals surface area contributed by atoms with Crippen LogP contribution in [0.4, 0.5) is 0 Å². The summed E-state index contributed by atoms with van der Waals surface area (Å²) in [5.74, 6) is 0. The molecule has 1 aromatic carbocycles. The summed E-state index contributed by atoms with van der Waals surface area (Å²) < 4.78 is 0. The van der Waals surface area contributed by atoms with Crippen LogP contribution in [-0.2, 0) is 13.1 Å². The number of nitrogens with zero attached hydrogens (tertiary/aromatic N) is 1. The van der Waals surface area contributed by atoms with Gasteiger partial charge in [-0.15, -0.1) is 24.8 Å². The summed E-state index contributed by atoms with van der Waals surface area (Å²) in [6.07, 6.45) is -0.103. The maximum absolute atomic E-state index is 9.16. The van der Waals surface area contributed by atoms with Crippen molar-refractivity contribution < 1.29 is 5.11 Å². The summed E-state index contributed by atoms with van der Waals surface area (Å²) in [6, 6.07) is 8.64. The quantitative estimate of drug-likeness (QED) is 0.875. The van der Waals surface area contributed by atoms with Gasteiger partial charge in [-0.2, -0.15) is 0 Å². The average Bonchev–Trinajstić information content (AvgIpc) is 2.19. The number of halogens is 2. The number of hydrogen-bond acceptors (Lipinski definition) is 3. The number of hydrogen-bond donors (Lipinski definition) is 2. The van der Waals surface area contributed by atoms with E-state index < -0.39 is 0 Å². The predicted octanol–water partition coefficient (Wildman–Crippen LogP) is 1.43. The second-order valence-corrected chi connectivity index (χ2v) is 4.19. The minimum atomic E-state index is -0.103. The molecular weight excluding hydrogens is 259 g/mol. The Hall–Kier alpha value is -0.320. The van der Waals surface area contributed by atoms with Crippen molar-refractivity contribution in [3.63, 3.8) is 0 Å². The lowest BCUT2D eigenvalue weighted by Gasteiger charge is -2.35. The molecule has 0 aromatic heterocycles. The first-order valence-corrected chi connectivity index (χ1v) is 5.41. The molecule has 0 spiro atoms. The molecule has 2 rings (SSSR count). The van der Waals surface area contributed by atoms with Crippen LogP contribution in [0.15, 0.2) is 24.3 Å². The van der Waals surface area contributed by atoms with Crippen molar-refractivity contribution in [1.82, 2.24) is 10.2 Å². The van der Waals surface area contributed by atoms with Gasteiger partial charge in [0, 0.05) is 26.2 Å². The van der Waals surface area contributed by atoms with Crippen LogP contribution in [-0.4, -0.2) is 36.2 Å². The molecule has 3 nitrogen and oxygen atoms in total. The van der Waals surface area contributed by atoms with Gasteiger partial charge in [0.25, 0.3) is 0 Å². The number of aliphatic hydroxyl groups excluding tert-OH is 1. The smallest absolute Gasteiger partial charge is 0.0794 e. The van der Waals surface area contributed by atoms with E-state index in [1.807, 2.05) is 7.05 Å². The molecule has 1 aliphatic rings. The molecular formula is C12H20Cl2N2O. The zero-order chi connectivity index (χ0) is 10.7. The van der Waals surface area contributed by atoms with Crippen molar-refractivity contribution in [2.45, 2.75) is 19.2 Å². The van der Waals surface area contributed by atoms with Gasteiger partial charge in [-0.3, -0.25) is 4.90 Å². The number of likely N-dealkylation sites (tertiary alicyclic amines) is 1. The second-order valence-electron chi connectivity index (χ2n) is 4.19. The van der Waals surface area contributed by atoms with Gasteiger partial charge < -0.3 is 10.4 Å². The maximum atomic E-state index is 9.16. The Morgan fingerprint density at radius 2 is 1.71 bits per heavy atom. The van der Waals surface area contributed by atoms with E-state index >= 15 is 0 Å². The zero-order valence-electron chi connectivity index (χ0n) is 9.93. The van der Waals surface area contributed by atoms with E-state index in [1.54, 1.807) is 0 Å². The number of nitrogens with one attached hydrogen (secondary N) is 1. The molecule has 0 amide bonds. The van der Waals surface area contributed by atoms with Gasteiger partial charge in [-0.05, 0) is 18.2 Å². The number of aliphatic hydroxyl groups is 1. The molecule has 2 N–H and O–H groups in total. The van der Waals surface area contributed by atoms with Gasteiger partial charge in [0.1, 0.15) is 0 Å². The van der Waals surface area contributed by atoms with E-state index in [9.17, 15) is 0 Å². The Labute approximate surface area is 115 Å². The largest absolute Gasteiger partial charge is 0.390 e. The van der Waals surface area contributed by atoms with Crippen LogP contribution >= 0.6 is 24.8 Å². The zero-order valence-corrected chi connectivity index (χ0v) is 11.6. The van der Waals surface area contributed by atoms with E-state index in [4.69, 9.17) is 5.11 Å². The van der Waals surface area contributed by atoms with E-state index in [0.29, 0.717) is 0 Å². The van der Waals surface area contributed by atoms with Crippen molar-refractivity contribution in [1.29, 1.82) is 0 Å². The molecule has 1 heterocycles. The van der Waals surface area contributed by atoms with E-state index in [-0.39, 0.29) is 30.9 Å². The van der Waals surface area contributed by atoms with Gasteiger partial charge in [0.15, 0.2) is 0 Å². The Bertz CT molecular complexity index is 313. The number of rotatable bonds is 4. The van der Waals surface area contributed by atoms with Crippen LogP contribution in [0.1, 0.15) is 11.1 Å². The highest BCUT2D eigenvalue weighted by molar-refractivity contribution is 5.85. The first-order valence-electron chi connectivity index (χ1n) is 5.41. The van der Waals surface area contributed by atoms with E-state index in [1.165, 1.54) is 11.1 Å². The van der Waals surface area contributed by atoms with Crippen molar-refractivity contribution >= 4 is 24.8 Å². The Morgan fingerprint density at radius 1 is 1.18 bits per heavy atom. The number of β-amino-alcohol motifs (C(OH)–C–C–N with tert-alkyl or cyclic N) is 1. The third-order valence-corrected chi connectivity index (χ3v) is 2.75. The third kappa shape index (κ3) is 4.82.